The molecule has 1 heterocycles. The molecule has 7 heteroatoms. The third-order valence-electron chi connectivity index (χ3n) is 3.49. The number of amides is 1. The molecule has 0 aliphatic rings. The van der Waals surface area contributed by atoms with Gasteiger partial charge in [-0.2, -0.15) is 5.26 Å². The van der Waals surface area contributed by atoms with E-state index in [4.69, 9.17) is 16.9 Å². The molecular formula is C19H12ClFN4O. The van der Waals surface area contributed by atoms with Crippen molar-refractivity contribution in [3.05, 3.63) is 82.8 Å². The first-order valence-corrected chi connectivity index (χ1v) is 7.92. The molecule has 1 aromatic heterocycles. The van der Waals surface area contributed by atoms with Gasteiger partial charge in [0.2, 0.25) is 0 Å². The van der Waals surface area contributed by atoms with Gasteiger partial charge >= 0.3 is 0 Å². The van der Waals surface area contributed by atoms with Crippen molar-refractivity contribution >= 4 is 34.7 Å². The first-order chi connectivity index (χ1) is 12.5. The van der Waals surface area contributed by atoms with Crippen LogP contribution < -0.4 is 10.6 Å². The molecule has 1 amide bonds. The minimum atomic E-state index is -0.513. The molecule has 2 aromatic carbocycles. The monoisotopic (exact) mass is 366 g/mol. The van der Waals surface area contributed by atoms with Crippen LogP contribution in [-0.4, -0.2) is 10.9 Å². The number of rotatable bonds is 4. The van der Waals surface area contributed by atoms with Gasteiger partial charge in [-0.1, -0.05) is 11.6 Å². The van der Waals surface area contributed by atoms with Gasteiger partial charge in [0.25, 0.3) is 5.91 Å². The molecule has 0 fully saturated rings. The molecule has 0 saturated heterocycles. The summed E-state index contributed by atoms with van der Waals surface area (Å²) in [6.45, 7) is 0. The SMILES string of the molecule is N#Cc1ccc(NC(=O)c2ccnc(Nc3ccc(F)c(Cl)c3)c2)cc1. The number of nitriles is 1. The molecule has 0 unspecified atom stereocenters. The molecular weight excluding hydrogens is 355 g/mol. The number of nitrogens with zero attached hydrogens (tertiary/aromatic N) is 2. The Morgan fingerprint density at radius 3 is 2.50 bits per heavy atom. The lowest BCUT2D eigenvalue weighted by Crippen LogP contribution is -2.12. The molecule has 0 saturated carbocycles. The second-order valence-electron chi connectivity index (χ2n) is 5.33. The van der Waals surface area contributed by atoms with Crippen LogP contribution in [0.5, 0.6) is 0 Å². The summed E-state index contributed by atoms with van der Waals surface area (Å²) in [7, 11) is 0. The normalized spacial score (nSPS) is 10.0. The quantitative estimate of drug-likeness (QED) is 0.699. The highest BCUT2D eigenvalue weighted by Crippen LogP contribution is 2.22. The Morgan fingerprint density at radius 2 is 1.81 bits per heavy atom. The zero-order valence-electron chi connectivity index (χ0n) is 13.3. The number of aromatic nitrogens is 1. The number of hydrogen-bond acceptors (Lipinski definition) is 4. The van der Waals surface area contributed by atoms with Gasteiger partial charge in [-0.3, -0.25) is 4.79 Å². The lowest BCUT2D eigenvalue weighted by atomic mass is 10.2. The van der Waals surface area contributed by atoms with Crippen molar-refractivity contribution in [2.75, 3.05) is 10.6 Å². The molecule has 0 aliphatic carbocycles. The minimum absolute atomic E-state index is 0.00952. The molecule has 2 N–H and O–H groups in total. The number of anilines is 3. The molecule has 5 nitrogen and oxygen atoms in total. The van der Waals surface area contributed by atoms with Gasteiger partial charge in [0.1, 0.15) is 11.6 Å². The Morgan fingerprint density at radius 1 is 1.08 bits per heavy atom. The lowest BCUT2D eigenvalue weighted by molar-refractivity contribution is 0.102. The summed E-state index contributed by atoms with van der Waals surface area (Å²) in [5.74, 6) is -0.418. The van der Waals surface area contributed by atoms with Crippen molar-refractivity contribution in [1.29, 1.82) is 5.26 Å². The van der Waals surface area contributed by atoms with Crippen LogP contribution in [0.15, 0.2) is 60.8 Å². The van der Waals surface area contributed by atoms with E-state index >= 15 is 0 Å². The minimum Gasteiger partial charge on any atom is -0.340 e. The number of pyridine rings is 1. The van der Waals surface area contributed by atoms with Crippen molar-refractivity contribution in [1.82, 2.24) is 4.98 Å². The van der Waals surface area contributed by atoms with Gasteiger partial charge < -0.3 is 10.6 Å². The number of nitrogens with one attached hydrogen (secondary N) is 2. The Kier molecular flexibility index (Phi) is 5.11. The first-order valence-electron chi connectivity index (χ1n) is 7.55. The van der Waals surface area contributed by atoms with Crippen molar-refractivity contribution in [3.63, 3.8) is 0 Å². The zero-order chi connectivity index (χ0) is 18.5. The van der Waals surface area contributed by atoms with Gasteiger partial charge in [0, 0.05) is 23.1 Å². The van der Waals surface area contributed by atoms with Crippen LogP contribution in [0, 0.1) is 17.1 Å². The van der Waals surface area contributed by atoms with Crippen molar-refractivity contribution in [2.45, 2.75) is 0 Å². The van der Waals surface area contributed by atoms with Crippen LogP contribution in [0.4, 0.5) is 21.6 Å². The van der Waals surface area contributed by atoms with Gasteiger partial charge in [0.15, 0.2) is 0 Å². The van der Waals surface area contributed by atoms with E-state index in [9.17, 15) is 9.18 Å². The van der Waals surface area contributed by atoms with E-state index in [0.717, 1.165) is 0 Å². The summed E-state index contributed by atoms with van der Waals surface area (Å²) in [6.07, 6.45) is 1.49. The van der Waals surface area contributed by atoms with Crippen molar-refractivity contribution < 1.29 is 9.18 Å². The average Bonchev–Trinajstić information content (AvgIpc) is 2.65. The Labute approximate surface area is 154 Å². The molecule has 0 atom stereocenters. The summed E-state index contributed by atoms with van der Waals surface area (Å²) >= 11 is 5.75. The summed E-state index contributed by atoms with van der Waals surface area (Å²) < 4.78 is 13.2. The number of hydrogen-bond donors (Lipinski definition) is 2. The third kappa shape index (κ3) is 4.15. The van der Waals surface area contributed by atoms with E-state index in [1.165, 1.54) is 24.4 Å². The average molecular weight is 367 g/mol. The highest BCUT2D eigenvalue weighted by atomic mass is 35.5. The summed E-state index contributed by atoms with van der Waals surface area (Å²) in [5, 5.41) is 14.5. The Balaban J connectivity index is 1.74. The fraction of sp³-hybridized carbons (Fsp3) is 0. The number of halogens is 2. The van der Waals surface area contributed by atoms with E-state index in [1.807, 2.05) is 6.07 Å². The molecule has 0 radical (unpaired) electrons. The fourth-order valence-electron chi connectivity index (χ4n) is 2.19. The number of benzene rings is 2. The van der Waals surface area contributed by atoms with Gasteiger partial charge in [-0.15, -0.1) is 0 Å². The van der Waals surface area contributed by atoms with Gasteiger partial charge in [-0.25, -0.2) is 9.37 Å². The van der Waals surface area contributed by atoms with Crippen LogP contribution in [0.1, 0.15) is 15.9 Å². The van der Waals surface area contributed by atoms with Crippen LogP contribution in [0.2, 0.25) is 5.02 Å². The Hall–Kier alpha value is -3.43. The molecule has 3 aromatic rings. The van der Waals surface area contributed by atoms with E-state index < -0.39 is 5.82 Å². The number of carbonyl (C=O) groups is 1. The van der Waals surface area contributed by atoms with Crippen molar-refractivity contribution in [3.8, 4) is 6.07 Å². The largest absolute Gasteiger partial charge is 0.340 e. The molecule has 128 valence electrons. The van der Waals surface area contributed by atoms with E-state index in [0.29, 0.717) is 28.3 Å². The first kappa shape index (κ1) is 17.4. The van der Waals surface area contributed by atoms with Crippen molar-refractivity contribution in [2.24, 2.45) is 0 Å². The van der Waals surface area contributed by atoms with Crippen LogP contribution in [0.3, 0.4) is 0 Å². The van der Waals surface area contributed by atoms with E-state index in [-0.39, 0.29) is 10.9 Å². The fourth-order valence-corrected chi connectivity index (χ4v) is 2.37. The van der Waals surface area contributed by atoms with Gasteiger partial charge in [-0.05, 0) is 54.6 Å². The highest BCUT2D eigenvalue weighted by Gasteiger charge is 2.08. The topological polar surface area (TPSA) is 77.8 Å². The summed E-state index contributed by atoms with van der Waals surface area (Å²) in [5.41, 5.74) is 2.02. The maximum absolute atomic E-state index is 13.2. The molecule has 3 rings (SSSR count). The summed E-state index contributed by atoms with van der Waals surface area (Å²) in [6, 6.07) is 15.9. The maximum Gasteiger partial charge on any atom is 0.255 e. The smallest absolute Gasteiger partial charge is 0.255 e. The Bertz CT molecular complexity index is 999. The second-order valence-corrected chi connectivity index (χ2v) is 5.73. The van der Waals surface area contributed by atoms with E-state index in [1.54, 1.807) is 36.4 Å². The highest BCUT2D eigenvalue weighted by molar-refractivity contribution is 6.31. The van der Waals surface area contributed by atoms with E-state index in [2.05, 4.69) is 15.6 Å². The molecule has 26 heavy (non-hydrogen) atoms. The zero-order valence-corrected chi connectivity index (χ0v) is 14.1. The van der Waals surface area contributed by atoms with Gasteiger partial charge in [0.05, 0.1) is 16.7 Å². The van der Waals surface area contributed by atoms with Crippen LogP contribution >= 0.6 is 11.6 Å². The van der Waals surface area contributed by atoms with Crippen LogP contribution in [-0.2, 0) is 0 Å². The molecule has 0 aliphatic heterocycles. The molecule has 0 bridgehead atoms. The standard InChI is InChI=1S/C19H12ClFN4O/c20-16-10-15(5-6-17(16)21)24-18-9-13(7-8-23-18)19(26)25-14-3-1-12(11-22)2-4-14/h1-10H,(H,23,24)(H,25,26). The number of carbonyl (C=O) groups excluding carboxylic acids is 1. The predicted octanol–water partition coefficient (Wildman–Crippen LogP) is 4.74. The maximum atomic E-state index is 13.2. The molecule has 0 spiro atoms. The third-order valence-corrected chi connectivity index (χ3v) is 3.78. The predicted molar refractivity (Wildman–Crippen MR) is 98.0 cm³/mol. The summed E-state index contributed by atoms with van der Waals surface area (Å²) in [4.78, 5) is 16.5. The van der Waals surface area contributed by atoms with Crippen LogP contribution in [0.25, 0.3) is 0 Å². The second kappa shape index (κ2) is 7.64. The lowest BCUT2D eigenvalue weighted by Gasteiger charge is -2.09.